The second-order valence-electron chi connectivity index (χ2n) is 2.50. The van der Waals surface area contributed by atoms with Gasteiger partial charge in [-0.15, -0.1) is 0 Å². The van der Waals surface area contributed by atoms with Crippen LogP contribution >= 0.6 is 45.2 Å². The molecule has 0 unspecified atom stereocenters. The van der Waals surface area contributed by atoms with E-state index < -0.39 is 0 Å². The standard InChI is InChI=1S/C9H8I2O3/c10-7-3-6(5-13)9(8(11)4-7)14-2-1-12/h3-5,12H,1-2H2. The minimum Gasteiger partial charge on any atom is -0.489 e. The van der Waals surface area contributed by atoms with Gasteiger partial charge in [-0.1, -0.05) is 0 Å². The molecule has 0 radical (unpaired) electrons. The fourth-order valence-corrected chi connectivity index (χ4v) is 3.01. The van der Waals surface area contributed by atoms with Crippen molar-refractivity contribution in [1.82, 2.24) is 0 Å². The molecule has 0 heterocycles. The zero-order chi connectivity index (χ0) is 10.6. The maximum atomic E-state index is 10.7. The SMILES string of the molecule is O=Cc1cc(I)cc(I)c1OCCO. The highest BCUT2D eigenvalue weighted by molar-refractivity contribution is 14.1. The van der Waals surface area contributed by atoms with Crippen LogP contribution in [0.15, 0.2) is 12.1 Å². The number of ether oxygens (including phenoxy) is 1. The molecule has 0 bridgehead atoms. The summed E-state index contributed by atoms with van der Waals surface area (Å²) in [6.07, 6.45) is 0.761. The first-order chi connectivity index (χ1) is 6.69. The van der Waals surface area contributed by atoms with Crippen LogP contribution in [0.1, 0.15) is 10.4 Å². The Kier molecular flexibility index (Phi) is 5.10. The van der Waals surface area contributed by atoms with Gasteiger partial charge in [-0.3, -0.25) is 4.79 Å². The van der Waals surface area contributed by atoms with Crippen molar-refractivity contribution in [3.8, 4) is 5.75 Å². The molecule has 14 heavy (non-hydrogen) atoms. The van der Waals surface area contributed by atoms with Gasteiger partial charge in [0.25, 0.3) is 0 Å². The third kappa shape index (κ3) is 3.06. The highest BCUT2D eigenvalue weighted by atomic mass is 127. The van der Waals surface area contributed by atoms with Gasteiger partial charge in [0.05, 0.1) is 15.7 Å². The Morgan fingerprint density at radius 2 is 2.14 bits per heavy atom. The molecule has 1 aromatic rings. The van der Waals surface area contributed by atoms with Crippen molar-refractivity contribution in [2.24, 2.45) is 0 Å². The zero-order valence-corrected chi connectivity index (χ0v) is 11.5. The normalized spacial score (nSPS) is 9.93. The van der Waals surface area contributed by atoms with Gasteiger partial charge in [0.2, 0.25) is 0 Å². The molecule has 0 saturated heterocycles. The van der Waals surface area contributed by atoms with Gasteiger partial charge in [-0.25, -0.2) is 0 Å². The largest absolute Gasteiger partial charge is 0.489 e. The summed E-state index contributed by atoms with van der Waals surface area (Å²) >= 11 is 4.24. The zero-order valence-electron chi connectivity index (χ0n) is 7.17. The van der Waals surface area contributed by atoms with Crippen LogP contribution < -0.4 is 4.74 Å². The van der Waals surface area contributed by atoms with E-state index in [1.165, 1.54) is 0 Å². The Morgan fingerprint density at radius 1 is 1.43 bits per heavy atom. The van der Waals surface area contributed by atoms with Gasteiger partial charge in [-0.2, -0.15) is 0 Å². The van der Waals surface area contributed by atoms with E-state index >= 15 is 0 Å². The molecule has 0 fully saturated rings. The molecule has 0 amide bonds. The quantitative estimate of drug-likeness (QED) is 0.602. The highest BCUT2D eigenvalue weighted by Gasteiger charge is 2.08. The van der Waals surface area contributed by atoms with Crippen molar-refractivity contribution < 1.29 is 14.6 Å². The first-order valence-corrected chi connectivity index (χ1v) is 6.02. The Labute approximate surface area is 109 Å². The van der Waals surface area contributed by atoms with Crippen LogP contribution in [0.5, 0.6) is 5.75 Å². The van der Waals surface area contributed by atoms with Crippen molar-refractivity contribution in [2.45, 2.75) is 0 Å². The smallest absolute Gasteiger partial charge is 0.153 e. The summed E-state index contributed by atoms with van der Waals surface area (Å²) in [6.45, 7) is 0.151. The minimum absolute atomic E-state index is 0.0552. The lowest BCUT2D eigenvalue weighted by molar-refractivity contribution is 0.111. The van der Waals surface area contributed by atoms with Crippen LogP contribution in [0, 0.1) is 7.14 Å². The van der Waals surface area contributed by atoms with E-state index in [1.54, 1.807) is 6.07 Å². The van der Waals surface area contributed by atoms with Crippen LogP contribution in [-0.4, -0.2) is 24.6 Å². The monoisotopic (exact) mass is 418 g/mol. The van der Waals surface area contributed by atoms with Crippen LogP contribution in [0.25, 0.3) is 0 Å². The van der Waals surface area contributed by atoms with Gasteiger partial charge >= 0.3 is 0 Å². The molecule has 1 N–H and O–H groups in total. The Balaban J connectivity index is 3.05. The Morgan fingerprint density at radius 3 is 2.71 bits per heavy atom. The third-order valence-corrected chi connectivity index (χ3v) is 2.93. The molecule has 0 atom stereocenters. The topological polar surface area (TPSA) is 46.5 Å². The van der Waals surface area contributed by atoms with E-state index in [4.69, 9.17) is 9.84 Å². The number of hydrogen-bond donors (Lipinski definition) is 1. The van der Waals surface area contributed by atoms with Crippen molar-refractivity contribution in [3.63, 3.8) is 0 Å². The van der Waals surface area contributed by atoms with E-state index in [1.807, 2.05) is 6.07 Å². The van der Waals surface area contributed by atoms with Crippen molar-refractivity contribution in [1.29, 1.82) is 0 Å². The predicted molar refractivity (Wildman–Crippen MR) is 69.8 cm³/mol. The lowest BCUT2D eigenvalue weighted by Crippen LogP contribution is -2.05. The lowest BCUT2D eigenvalue weighted by atomic mass is 10.2. The van der Waals surface area contributed by atoms with Gasteiger partial charge in [0.15, 0.2) is 6.29 Å². The van der Waals surface area contributed by atoms with Crippen molar-refractivity contribution in [2.75, 3.05) is 13.2 Å². The summed E-state index contributed by atoms with van der Waals surface area (Å²) in [5.74, 6) is 0.551. The second kappa shape index (κ2) is 5.86. The first kappa shape index (κ1) is 12.2. The fraction of sp³-hybridized carbons (Fsp3) is 0.222. The molecule has 1 aromatic carbocycles. The first-order valence-electron chi connectivity index (χ1n) is 3.87. The van der Waals surface area contributed by atoms with Gasteiger partial charge in [0, 0.05) is 3.57 Å². The van der Waals surface area contributed by atoms with Crippen LogP contribution in [0.2, 0.25) is 0 Å². The van der Waals surface area contributed by atoms with Crippen LogP contribution in [0.3, 0.4) is 0 Å². The highest BCUT2D eigenvalue weighted by Crippen LogP contribution is 2.27. The van der Waals surface area contributed by atoms with E-state index in [-0.39, 0.29) is 13.2 Å². The van der Waals surface area contributed by atoms with Gasteiger partial charge < -0.3 is 9.84 Å². The number of rotatable bonds is 4. The van der Waals surface area contributed by atoms with E-state index in [0.717, 1.165) is 13.4 Å². The number of aliphatic hydroxyl groups is 1. The number of benzene rings is 1. The summed E-state index contributed by atoms with van der Waals surface area (Å²) in [4.78, 5) is 10.7. The van der Waals surface area contributed by atoms with E-state index in [2.05, 4.69) is 45.2 Å². The summed E-state index contributed by atoms with van der Waals surface area (Å²) in [7, 11) is 0. The van der Waals surface area contributed by atoms with Crippen molar-refractivity contribution >= 4 is 51.5 Å². The molecule has 76 valence electrons. The van der Waals surface area contributed by atoms with Gasteiger partial charge in [-0.05, 0) is 57.3 Å². The number of aldehydes is 1. The maximum absolute atomic E-state index is 10.7. The molecule has 1 rings (SSSR count). The number of aliphatic hydroxyl groups excluding tert-OH is 1. The minimum atomic E-state index is -0.0552. The third-order valence-electron chi connectivity index (χ3n) is 1.50. The number of carbonyl (C=O) groups excluding carboxylic acids is 1. The van der Waals surface area contributed by atoms with E-state index in [9.17, 15) is 4.79 Å². The fourth-order valence-electron chi connectivity index (χ4n) is 0.968. The summed E-state index contributed by atoms with van der Waals surface area (Å²) in [5.41, 5.74) is 0.523. The van der Waals surface area contributed by atoms with Crippen LogP contribution in [-0.2, 0) is 0 Å². The van der Waals surface area contributed by atoms with Crippen molar-refractivity contribution in [3.05, 3.63) is 24.8 Å². The Hall–Kier alpha value is 0.110. The average molecular weight is 418 g/mol. The molecular weight excluding hydrogens is 410 g/mol. The number of hydrogen-bond acceptors (Lipinski definition) is 3. The molecule has 0 aliphatic rings. The van der Waals surface area contributed by atoms with Crippen LogP contribution in [0.4, 0.5) is 0 Å². The molecular formula is C9H8I2O3. The second-order valence-corrected chi connectivity index (χ2v) is 4.90. The molecule has 5 heteroatoms. The molecule has 0 spiro atoms. The maximum Gasteiger partial charge on any atom is 0.153 e. The Bertz CT molecular complexity index is 339. The lowest BCUT2D eigenvalue weighted by Gasteiger charge is -2.09. The summed E-state index contributed by atoms with van der Waals surface area (Å²) in [6, 6.07) is 3.67. The molecule has 3 nitrogen and oxygen atoms in total. The van der Waals surface area contributed by atoms with Gasteiger partial charge in [0.1, 0.15) is 12.4 Å². The molecule has 0 aliphatic carbocycles. The molecule has 0 saturated carbocycles. The number of halogens is 2. The molecule has 0 aliphatic heterocycles. The average Bonchev–Trinajstić information content (AvgIpc) is 2.15. The summed E-state index contributed by atoms with van der Waals surface area (Å²) in [5, 5.41) is 8.62. The number of carbonyl (C=O) groups is 1. The van der Waals surface area contributed by atoms with E-state index in [0.29, 0.717) is 11.3 Å². The predicted octanol–water partition coefficient (Wildman–Crippen LogP) is 2.08. The molecule has 0 aromatic heterocycles. The summed E-state index contributed by atoms with van der Waals surface area (Å²) < 4.78 is 7.14.